The van der Waals surface area contributed by atoms with Crippen molar-refractivity contribution in [1.29, 1.82) is 0 Å². The molecule has 11 nitrogen and oxygen atoms in total. The molecule has 12 heteroatoms. The van der Waals surface area contributed by atoms with Crippen LogP contribution in [0.15, 0.2) is 0 Å². The van der Waals surface area contributed by atoms with Crippen molar-refractivity contribution in [3.8, 4) is 0 Å². The summed E-state index contributed by atoms with van der Waals surface area (Å²) in [4.78, 5) is 46.7. The predicted octanol–water partition coefficient (Wildman–Crippen LogP) is -1.16. The number of aliphatic hydroxyl groups is 1. The second-order valence-electron chi connectivity index (χ2n) is 7.30. The fraction of sp³-hybridized carbons (Fsp3) is 0.722. The van der Waals surface area contributed by atoms with Crippen molar-refractivity contribution in [2.24, 2.45) is 5.92 Å². The Morgan fingerprint density at radius 2 is 1.43 bits per heavy atom. The Balaban J connectivity index is 5.06. The minimum absolute atomic E-state index is 0.0227. The molecule has 0 heterocycles. The summed E-state index contributed by atoms with van der Waals surface area (Å²) in [5, 5.41) is 38.3. The van der Waals surface area contributed by atoms with E-state index in [1.54, 1.807) is 13.8 Å². The standard InChI is InChI=1S/C18H32N4O7S/c1-8(2)13(18(28)29)21-15(26)9(3)20-17(30)14(10(4)23)22-16(27)11(19-5)6-7-12(24)25/h8-11,13-14,19,23H,6-7H2,1-5H3,(H,20,30)(H,21,26)(H,22,27)(H,24,25)(H,28,29)/t9-,10+,11-,13-,14-/m0/s1. The number of carboxylic acids is 2. The lowest BCUT2D eigenvalue weighted by atomic mass is 10.0. The Morgan fingerprint density at radius 1 is 0.900 bits per heavy atom. The molecule has 0 saturated carbocycles. The molecule has 0 aromatic carbocycles. The summed E-state index contributed by atoms with van der Waals surface area (Å²) in [5.41, 5.74) is 0. The van der Waals surface area contributed by atoms with E-state index in [-0.39, 0.29) is 23.7 Å². The van der Waals surface area contributed by atoms with Crippen LogP contribution in [0.2, 0.25) is 0 Å². The van der Waals surface area contributed by atoms with Crippen LogP contribution >= 0.6 is 12.2 Å². The number of rotatable bonds is 13. The van der Waals surface area contributed by atoms with Gasteiger partial charge in [0.1, 0.15) is 23.1 Å². The van der Waals surface area contributed by atoms with Gasteiger partial charge in [0.05, 0.1) is 12.1 Å². The maximum Gasteiger partial charge on any atom is 0.326 e. The smallest absolute Gasteiger partial charge is 0.326 e. The van der Waals surface area contributed by atoms with Crippen molar-refractivity contribution < 1.29 is 34.5 Å². The molecule has 5 atom stereocenters. The third-order valence-electron chi connectivity index (χ3n) is 4.36. The Morgan fingerprint density at radius 3 is 1.83 bits per heavy atom. The van der Waals surface area contributed by atoms with Crippen LogP contribution in [-0.2, 0) is 19.2 Å². The van der Waals surface area contributed by atoms with Crippen LogP contribution in [0.4, 0.5) is 0 Å². The molecule has 0 unspecified atom stereocenters. The monoisotopic (exact) mass is 448 g/mol. The van der Waals surface area contributed by atoms with Crippen LogP contribution in [0.1, 0.15) is 40.5 Å². The molecule has 0 aromatic heterocycles. The van der Waals surface area contributed by atoms with Gasteiger partial charge in [-0.25, -0.2) is 4.79 Å². The highest BCUT2D eigenvalue weighted by Gasteiger charge is 2.30. The van der Waals surface area contributed by atoms with E-state index in [2.05, 4.69) is 21.3 Å². The summed E-state index contributed by atoms with van der Waals surface area (Å²) in [7, 11) is 1.50. The number of amides is 2. The fourth-order valence-corrected chi connectivity index (χ4v) is 2.93. The van der Waals surface area contributed by atoms with Crippen molar-refractivity contribution in [3.63, 3.8) is 0 Å². The molecule has 0 aliphatic carbocycles. The van der Waals surface area contributed by atoms with Crippen molar-refractivity contribution in [1.82, 2.24) is 21.3 Å². The van der Waals surface area contributed by atoms with E-state index in [0.29, 0.717) is 0 Å². The topological polar surface area (TPSA) is 177 Å². The molecular weight excluding hydrogens is 416 g/mol. The molecule has 0 radical (unpaired) electrons. The van der Waals surface area contributed by atoms with Gasteiger partial charge < -0.3 is 36.6 Å². The number of nitrogens with one attached hydrogen (secondary N) is 4. The first-order chi connectivity index (χ1) is 13.8. The molecule has 0 aromatic rings. The molecule has 7 N–H and O–H groups in total. The van der Waals surface area contributed by atoms with E-state index >= 15 is 0 Å². The number of carbonyl (C=O) groups excluding carboxylic acids is 2. The van der Waals surface area contributed by atoms with E-state index in [0.717, 1.165) is 0 Å². The largest absolute Gasteiger partial charge is 0.481 e. The molecule has 2 amide bonds. The summed E-state index contributed by atoms with van der Waals surface area (Å²) in [5.74, 6) is -3.71. The highest BCUT2D eigenvalue weighted by atomic mass is 32.1. The van der Waals surface area contributed by atoms with Crippen LogP contribution < -0.4 is 21.3 Å². The number of likely N-dealkylation sites (N-methyl/N-ethyl adjacent to an activating group) is 1. The van der Waals surface area contributed by atoms with Crippen LogP contribution in [0.5, 0.6) is 0 Å². The summed E-state index contributed by atoms with van der Waals surface area (Å²) in [6.07, 6.45) is -1.29. The molecular formula is C18H32N4O7S. The summed E-state index contributed by atoms with van der Waals surface area (Å²) < 4.78 is 0. The Bertz CT molecular complexity index is 642. The van der Waals surface area contributed by atoms with E-state index in [1.807, 2.05) is 0 Å². The predicted molar refractivity (Wildman–Crippen MR) is 113 cm³/mol. The Kier molecular flexibility index (Phi) is 12.1. The van der Waals surface area contributed by atoms with Gasteiger partial charge in [0, 0.05) is 6.42 Å². The molecule has 0 saturated heterocycles. The third kappa shape index (κ3) is 9.46. The first kappa shape index (κ1) is 27.7. The van der Waals surface area contributed by atoms with E-state index in [4.69, 9.17) is 17.3 Å². The fourth-order valence-electron chi connectivity index (χ4n) is 2.49. The lowest BCUT2D eigenvalue weighted by Crippen LogP contribution is -2.59. The summed E-state index contributed by atoms with van der Waals surface area (Å²) in [6.45, 7) is 6.17. The molecule has 172 valence electrons. The number of carbonyl (C=O) groups is 4. The van der Waals surface area contributed by atoms with Gasteiger partial charge in [-0.15, -0.1) is 0 Å². The lowest BCUT2D eigenvalue weighted by Gasteiger charge is -2.28. The van der Waals surface area contributed by atoms with Crippen molar-refractivity contribution in [2.45, 2.75) is 70.8 Å². The molecule has 0 rings (SSSR count). The first-order valence-corrected chi connectivity index (χ1v) is 9.93. The van der Waals surface area contributed by atoms with Gasteiger partial charge in [-0.2, -0.15) is 0 Å². The molecule has 0 fully saturated rings. The lowest BCUT2D eigenvalue weighted by molar-refractivity contribution is -0.143. The van der Waals surface area contributed by atoms with Crippen LogP contribution in [-0.4, -0.2) is 81.4 Å². The molecule has 0 bridgehead atoms. The quantitative estimate of drug-likeness (QED) is 0.170. The van der Waals surface area contributed by atoms with Gasteiger partial charge in [0.2, 0.25) is 11.8 Å². The molecule has 0 aliphatic heterocycles. The highest BCUT2D eigenvalue weighted by Crippen LogP contribution is 2.04. The number of carboxylic acid groups (broad SMARTS) is 2. The molecule has 0 spiro atoms. The van der Waals surface area contributed by atoms with Gasteiger partial charge in [-0.05, 0) is 33.2 Å². The summed E-state index contributed by atoms with van der Waals surface area (Å²) in [6, 6.07) is -3.85. The Labute approximate surface area is 181 Å². The van der Waals surface area contributed by atoms with Crippen molar-refractivity contribution in [3.05, 3.63) is 0 Å². The third-order valence-corrected chi connectivity index (χ3v) is 4.73. The average molecular weight is 449 g/mol. The van der Waals surface area contributed by atoms with Crippen molar-refractivity contribution in [2.75, 3.05) is 7.05 Å². The normalized spacial score (nSPS) is 16.0. The van der Waals surface area contributed by atoms with E-state index in [1.165, 1.54) is 20.9 Å². The van der Waals surface area contributed by atoms with Gasteiger partial charge in [0.15, 0.2) is 0 Å². The Hall–Kier alpha value is -2.31. The van der Waals surface area contributed by atoms with Gasteiger partial charge in [-0.3, -0.25) is 14.4 Å². The minimum atomic E-state index is -1.17. The zero-order valence-corrected chi connectivity index (χ0v) is 18.6. The molecule has 30 heavy (non-hydrogen) atoms. The number of thiocarbonyl (C=S) groups is 1. The number of aliphatic hydroxyl groups excluding tert-OH is 1. The SMILES string of the molecule is CN[C@@H](CCC(=O)O)C(=O)N[C@H](C(=S)N[C@@H](C)C(=O)N[C@H](C(=O)O)C(C)C)[C@@H](C)O. The van der Waals surface area contributed by atoms with E-state index < -0.39 is 54.0 Å². The second kappa shape index (κ2) is 13.1. The first-order valence-electron chi connectivity index (χ1n) is 9.52. The highest BCUT2D eigenvalue weighted by molar-refractivity contribution is 7.80. The van der Waals surface area contributed by atoms with Crippen LogP contribution in [0, 0.1) is 5.92 Å². The zero-order valence-electron chi connectivity index (χ0n) is 17.8. The maximum atomic E-state index is 12.4. The second-order valence-corrected chi connectivity index (χ2v) is 7.74. The van der Waals surface area contributed by atoms with Crippen molar-refractivity contribution >= 4 is 41.0 Å². The molecule has 0 aliphatic rings. The van der Waals surface area contributed by atoms with E-state index in [9.17, 15) is 29.4 Å². The number of aliphatic carboxylic acids is 2. The number of hydrogen-bond donors (Lipinski definition) is 7. The van der Waals surface area contributed by atoms with Gasteiger partial charge in [-0.1, -0.05) is 26.1 Å². The van der Waals surface area contributed by atoms with Gasteiger partial charge >= 0.3 is 11.9 Å². The average Bonchev–Trinajstić information content (AvgIpc) is 2.62. The minimum Gasteiger partial charge on any atom is -0.481 e. The maximum absolute atomic E-state index is 12.4. The zero-order chi connectivity index (χ0) is 23.6. The van der Waals surface area contributed by atoms with Crippen LogP contribution in [0.3, 0.4) is 0 Å². The number of hydrogen-bond acceptors (Lipinski definition) is 7. The van der Waals surface area contributed by atoms with Gasteiger partial charge in [0.25, 0.3) is 0 Å². The summed E-state index contributed by atoms with van der Waals surface area (Å²) >= 11 is 5.21. The van der Waals surface area contributed by atoms with Crippen LogP contribution in [0.25, 0.3) is 0 Å².